The highest BCUT2D eigenvalue weighted by Gasteiger charge is 2.32. The van der Waals surface area contributed by atoms with Crippen LogP contribution in [0.2, 0.25) is 0 Å². The van der Waals surface area contributed by atoms with Crippen LogP contribution in [0.5, 0.6) is 11.6 Å². The molecule has 3 aromatic carbocycles. The van der Waals surface area contributed by atoms with Gasteiger partial charge in [-0.3, -0.25) is 14.4 Å². The van der Waals surface area contributed by atoms with E-state index in [0.717, 1.165) is 88.6 Å². The number of amides is 1. The predicted molar refractivity (Wildman–Crippen MR) is 176 cm³/mol. The summed E-state index contributed by atoms with van der Waals surface area (Å²) in [6.45, 7) is 5.80. The maximum atomic E-state index is 13.3. The Morgan fingerprint density at radius 2 is 1.50 bits per heavy atom. The van der Waals surface area contributed by atoms with Gasteiger partial charge >= 0.3 is 6.18 Å². The third kappa shape index (κ3) is 8.26. The van der Waals surface area contributed by atoms with Gasteiger partial charge in [0.15, 0.2) is 0 Å². The third-order valence-electron chi connectivity index (χ3n) is 8.68. The van der Waals surface area contributed by atoms with Crippen molar-refractivity contribution >= 4 is 27.3 Å². The fourth-order valence-corrected chi connectivity index (χ4v) is 7.04. The first-order valence-electron chi connectivity index (χ1n) is 15.8. The number of anilines is 2. The van der Waals surface area contributed by atoms with Crippen LogP contribution >= 0.6 is 0 Å². The average molecular weight is 680 g/mol. The van der Waals surface area contributed by atoms with Crippen molar-refractivity contribution in [3.8, 4) is 11.6 Å². The van der Waals surface area contributed by atoms with Crippen molar-refractivity contribution in [1.82, 2.24) is 14.8 Å². The molecule has 1 N–H and O–H groups in total. The molecule has 48 heavy (non-hydrogen) atoms. The number of halogens is 3. The number of pyridine rings is 1. The molecule has 252 valence electrons. The smallest absolute Gasteiger partial charge is 0.416 e. The summed E-state index contributed by atoms with van der Waals surface area (Å²) < 4.78 is 71.8. The number of alkyl halides is 3. The SMILES string of the molecule is O=C(C1CCN(c2ccc(Oc3ccc(NS(=O)(=O)c4ccc(C(F)(F)F)cc4)cn3)cc2)CC1)N1CCN(Cc2ccccc2)CC1. The zero-order chi connectivity index (χ0) is 33.7. The highest BCUT2D eigenvalue weighted by Crippen LogP contribution is 2.31. The molecule has 9 nitrogen and oxygen atoms in total. The Balaban J connectivity index is 0.953. The van der Waals surface area contributed by atoms with E-state index < -0.39 is 21.8 Å². The van der Waals surface area contributed by atoms with E-state index in [2.05, 4.69) is 43.8 Å². The lowest BCUT2D eigenvalue weighted by Gasteiger charge is -2.39. The number of carbonyl (C=O) groups is 1. The van der Waals surface area contributed by atoms with Crippen molar-refractivity contribution in [1.29, 1.82) is 0 Å². The zero-order valence-electron chi connectivity index (χ0n) is 26.1. The van der Waals surface area contributed by atoms with Crippen molar-refractivity contribution in [2.45, 2.75) is 30.5 Å². The minimum Gasteiger partial charge on any atom is -0.439 e. The molecule has 0 atom stereocenters. The molecule has 0 radical (unpaired) electrons. The van der Waals surface area contributed by atoms with Crippen LogP contribution in [0.3, 0.4) is 0 Å². The maximum absolute atomic E-state index is 13.3. The second-order valence-electron chi connectivity index (χ2n) is 12.0. The van der Waals surface area contributed by atoms with Gasteiger partial charge in [-0.25, -0.2) is 13.4 Å². The van der Waals surface area contributed by atoms with Crippen molar-refractivity contribution in [2.75, 3.05) is 48.9 Å². The molecule has 0 unspecified atom stereocenters. The number of nitrogens with one attached hydrogen (secondary N) is 1. The monoisotopic (exact) mass is 679 g/mol. The van der Waals surface area contributed by atoms with E-state index in [-0.39, 0.29) is 28.3 Å². The molecule has 2 aliphatic heterocycles. The summed E-state index contributed by atoms with van der Waals surface area (Å²) in [5.74, 6) is 1.09. The summed E-state index contributed by atoms with van der Waals surface area (Å²) in [6.07, 6.45) is -1.68. The van der Waals surface area contributed by atoms with E-state index in [4.69, 9.17) is 4.74 Å². The van der Waals surface area contributed by atoms with Crippen molar-refractivity contribution in [3.63, 3.8) is 0 Å². The number of aromatic nitrogens is 1. The Kier molecular flexibility index (Phi) is 9.88. The van der Waals surface area contributed by atoms with Gasteiger partial charge in [-0.1, -0.05) is 30.3 Å². The first kappa shape index (κ1) is 33.3. The van der Waals surface area contributed by atoms with Crippen LogP contribution in [0.25, 0.3) is 0 Å². The summed E-state index contributed by atoms with van der Waals surface area (Å²) in [5, 5.41) is 0. The van der Waals surface area contributed by atoms with Crippen LogP contribution in [0.1, 0.15) is 24.0 Å². The Bertz CT molecular complexity index is 1770. The van der Waals surface area contributed by atoms with Crippen molar-refractivity contribution in [2.24, 2.45) is 5.92 Å². The van der Waals surface area contributed by atoms with Gasteiger partial charge in [0.25, 0.3) is 10.0 Å². The lowest BCUT2D eigenvalue weighted by atomic mass is 9.94. The second kappa shape index (κ2) is 14.2. The van der Waals surface area contributed by atoms with E-state index in [1.54, 1.807) is 0 Å². The number of nitrogens with zero attached hydrogens (tertiary/aromatic N) is 4. The Morgan fingerprint density at radius 3 is 2.10 bits per heavy atom. The summed E-state index contributed by atoms with van der Waals surface area (Å²) in [5.41, 5.74) is 1.52. The number of benzene rings is 3. The molecule has 4 aromatic rings. The first-order valence-corrected chi connectivity index (χ1v) is 17.3. The molecule has 0 bridgehead atoms. The molecular formula is C35H36F3N5O4S. The van der Waals surface area contributed by atoms with Crippen LogP contribution in [-0.4, -0.2) is 68.4 Å². The van der Waals surface area contributed by atoms with Crippen LogP contribution in [0, 0.1) is 5.92 Å². The predicted octanol–water partition coefficient (Wildman–Crippen LogP) is 6.25. The lowest BCUT2D eigenvalue weighted by Crippen LogP contribution is -2.51. The summed E-state index contributed by atoms with van der Waals surface area (Å²) in [4.78, 5) is 23.8. The second-order valence-corrected chi connectivity index (χ2v) is 13.6. The summed E-state index contributed by atoms with van der Waals surface area (Å²) in [6, 6.07) is 24.1. The van der Waals surface area contributed by atoms with Gasteiger partial charge in [0.05, 0.1) is 22.3 Å². The minimum absolute atomic E-state index is 0.0398. The normalized spacial score (nSPS) is 16.5. The number of piperidine rings is 1. The van der Waals surface area contributed by atoms with Gasteiger partial charge in [-0.05, 0) is 73.0 Å². The molecule has 2 fully saturated rings. The number of carbonyl (C=O) groups excluding carboxylic acids is 1. The fourth-order valence-electron chi connectivity index (χ4n) is 5.99. The average Bonchev–Trinajstić information content (AvgIpc) is 3.10. The fraction of sp³-hybridized carbons (Fsp3) is 0.314. The van der Waals surface area contributed by atoms with Gasteiger partial charge < -0.3 is 14.5 Å². The maximum Gasteiger partial charge on any atom is 0.416 e. The van der Waals surface area contributed by atoms with Crippen LogP contribution < -0.4 is 14.4 Å². The summed E-state index contributed by atoms with van der Waals surface area (Å²) in [7, 11) is -4.11. The molecule has 3 heterocycles. The molecule has 1 aromatic heterocycles. The Morgan fingerprint density at radius 1 is 0.833 bits per heavy atom. The molecule has 0 saturated carbocycles. The van der Waals surface area contributed by atoms with Gasteiger partial charge in [-0.2, -0.15) is 13.2 Å². The summed E-state index contributed by atoms with van der Waals surface area (Å²) >= 11 is 0. The molecule has 2 saturated heterocycles. The number of piperazine rings is 1. The standard InChI is InChI=1S/C35H36F3N5O4S/c36-35(37,38)28-6-13-32(14-7-28)48(45,46)40-29-8-15-33(39-24-29)47-31-11-9-30(10-12-31)42-18-16-27(17-19-42)34(44)43-22-20-41(21-23-43)25-26-4-2-1-3-5-26/h1-15,24,27,40H,16-23,25H2. The molecule has 13 heteroatoms. The van der Waals surface area contributed by atoms with Gasteiger partial charge in [-0.15, -0.1) is 0 Å². The van der Waals surface area contributed by atoms with E-state index in [1.807, 2.05) is 35.2 Å². The van der Waals surface area contributed by atoms with Gasteiger partial charge in [0.2, 0.25) is 11.8 Å². The molecule has 6 rings (SSSR count). The number of ether oxygens (including phenoxy) is 1. The van der Waals surface area contributed by atoms with Crippen LogP contribution in [0.15, 0.2) is 102 Å². The highest BCUT2D eigenvalue weighted by molar-refractivity contribution is 7.92. The molecule has 2 aliphatic rings. The zero-order valence-corrected chi connectivity index (χ0v) is 27.0. The Hall–Kier alpha value is -4.62. The van der Waals surface area contributed by atoms with E-state index in [9.17, 15) is 26.4 Å². The number of sulfonamides is 1. The quantitative estimate of drug-likeness (QED) is 0.223. The Labute approximate surface area is 278 Å². The third-order valence-corrected chi connectivity index (χ3v) is 10.1. The lowest BCUT2D eigenvalue weighted by molar-refractivity contribution is -0.138. The number of rotatable bonds is 9. The molecule has 0 aliphatic carbocycles. The molecular weight excluding hydrogens is 643 g/mol. The minimum atomic E-state index is -4.56. The van der Waals surface area contributed by atoms with Gasteiger partial charge in [0, 0.05) is 63.5 Å². The van der Waals surface area contributed by atoms with E-state index >= 15 is 0 Å². The number of hydrogen-bond donors (Lipinski definition) is 1. The van der Waals surface area contributed by atoms with E-state index in [1.165, 1.54) is 23.9 Å². The van der Waals surface area contributed by atoms with Crippen LogP contribution in [0.4, 0.5) is 24.5 Å². The van der Waals surface area contributed by atoms with Crippen molar-refractivity contribution in [3.05, 3.63) is 108 Å². The molecule has 1 amide bonds. The first-order chi connectivity index (χ1) is 23.0. The topological polar surface area (TPSA) is 95.1 Å². The number of hydrogen-bond acceptors (Lipinski definition) is 7. The van der Waals surface area contributed by atoms with Gasteiger partial charge in [0.1, 0.15) is 5.75 Å². The largest absolute Gasteiger partial charge is 0.439 e. The molecule has 0 spiro atoms. The van der Waals surface area contributed by atoms with Crippen molar-refractivity contribution < 1.29 is 31.1 Å². The van der Waals surface area contributed by atoms with E-state index in [0.29, 0.717) is 5.75 Å². The highest BCUT2D eigenvalue weighted by atomic mass is 32.2. The van der Waals surface area contributed by atoms with Crippen LogP contribution in [-0.2, 0) is 27.5 Å².